The van der Waals surface area contributed by atoms with E-state index in [0.29, 0.717) is 0 Å². The summed E-state index contributed by atoms with van der Waals surface area (Å²) in [5.41, 5.74) is 2.48. The summed E-state index contributed by atoms with van der Waals surface area (Å²) < 4.78 is 11.0. The van der Waals surface area contributed by atoms with E-state index in [0.717, 1.165) is 49.9 Å². The third-order valence-electron chi connectivity index (χ3n) is 3.49. The van der Waals surface area contributed by atoms with Crippen molar-refractivity contribution in [2.24, 2.45) is 0 Å². The highest BCUT2D eigenvalue weighted by atomic mass is 16.5. The van der Waals surface area contributed by atoms with Crippen molar-refractivity contribution in [3.05, 3.63) is 47.7 Å². The van der Waals surface area contributed by atoms with Gasteiger partial charge in [0.1, 0.15) is 11.5 Å². The first-order valence-electron chi connectivity index (χ1n) is 6.77. The first kappa shape index (κ1) is 12.5. The van der Waals surface area contributed by atoms with Gasteiger partial charge in [-0.3, -0.25) is 4.90 Å². The standard InChI is InChI=1S/C16H19NO2/c1-13-2-7-16(19-13)15-5-3-14(4-6-15)12-17-8-10-18-11-9-17/h2-7H,8-12H2,1H3. The Morgan fingerprint density at radius 3 is 2.37 bits per heavy atom. The van der Waals surface area contributed by atoms with Crippen LogP contribution in [0, 0.1) is 6.92 Å². The Hall–Kier alpha value is -1.58. The van der Waals surface area contributed by atoms with Crippen molar-refractivity contribution in [3.63, 3.8) is 0 Å². The van der Waals surface area contributed by atoms with E-state index in [9.17, 15) is 0 Å². The maximum absolute atomic E-state index is 5.63. The second kappa shape index (κ2) is 5.59. The van der Waals surface area contributed by atoms with Crippen LogP contribution in [0.5, 0.6) is 0 Å². The second-order valence-electron chi connectivity index (χ2n) is 5.00. The quantitative estimate of drug-likeness (QED) is 0.845. The van der Waals surface area contributed by atoms with Crippen LogP contribution in [-0.4, -0.2) is 31.2 Å². The maximum atomic E-state index is 5.63. The third-order valence-corrected chi connectivity index (χ3v) is 3.49. The van der Waals surface area contributed by atoms with Crippen LogP contribution in [0.3, 0.4) is 0 Å². The van der Waals surface area contributed by atoms with Crippen molar-refractivity contribution in [1.29, 1.82) is 0 Å². The molecule has 3 heteroatoms. The monoisotopic (exact) mass is 257 g/mol. The molecule has 0 spiro atoms. The zero-order valence-electron chi connectivity index (χ0n) is 11.3. The van der Waals surface area contributed by atoms with Crippen molar-refractivity contribution < 1.29 is 9.15 Å². The number of benzene rings is 1. The van der Waals surface area contributed by atoms with Crippen LogP contribution < -0.4 is 0 Å². The third kappa shape index (κ3) is 3.06. The highest BCUT2D eigenvalue weighted by molar-refractivity contribution is 5.57. The minimum Gasteiger partial charge on any atom is -0.461 e. The van der Waals surface area contributed by atoms with Crippen molar-refractivity contribution in [1.82, 2.24) is 4.90 Å². The van der Waals surface area contributed by atoms with E-state index in [1.54, 1.807) is 0 Å². The number of ether oxygens (including phenoxy) is 1. The molecule has 2 heterocycles. The summed E-state index contributed by atoms with van der Waals surface area (Å²) >= 11 is 0. The number of hydrogen-bond donors (Lipinski definition) is 0. The van der Waals surface area contributed by atoms with Gasteiger partial charge in [0, 0.05) is 25.2 Å². The lowest BCUT2D eigenvalue weighted by atomic mass is 10.1. The molecule has 0 aliphatic carbocycles. The Morgan fingerprint density at radius 1 is 1.00 bits per heavy atom. The molecule has 3 rings (SSSR count). The molecule has 0 bridgehead atoms. The highest BCUT2D eigenvalue weighted by Crippen LogP contribution is 2.22. The molecule has 1 aliphatic rings. The van der Waals surface area contributed by atoms with E-state index in [1.165, 1.54) is 5.56 Å². The number of nitrogens with zero attached hydrogens (tertiary/aromatic N) is 1. The molecule has 0 N–H and O–H groups in total. The largest absolute Gasteiger partial charge is 0.461 e. The number of furan rings is 1. The van der Waals surface area contributed by atoms with E-state index >= 15 is 0 Å². The molecule has 100 valence electrons. The van der Waals surface area contributed by atoms with Gasteiger partial charge in [0.2, 0.25) is 0 Å². The fourth-order valence-electron chi connectivity index (χ4n) is 2.38. The molecule has 0 saturated carbocycles. The van der Waals surface area contributed by atoms with Gasteiger partial charge in [0.25, 0.3) is 0 Å². The van der Waals surface area contributed by atoms with Crippen LogP contribution in [0.1, 0.15) is 11.3 Å². The summed E-state index contributed by atoms with van der Waals surface area (Å²) in [6.45, 7) is 6.73. The molecular weight excluding hydrogens is 238 g/mol. The SMILES string of the molecule is Cc1ccc(-c2ccc(CN3CCOCC3)cc2)o1. The van der Waals surface area contributed by atoms with Crippen LogP contribution in [0.25, 0.3) is 11.3 Å². The summed E-state index contributed by atoms with van der Waals surface area (Å²) in [6, 6.07) is 12.6. The first-order chi connectivity index (χ1) is 9.31. The van der Waals surface area contributed by atoms with Crippen LogP contribution in [0.2, 0.25) is 0 Å². The summed E-state index contributed by atoms with van der Waals surface area (Å²) in [5, 5.41) is 0. The van der Waals surface area contributed by atoms with Crippen molar-refractivity contribution in [2.75, 3.05) is 26.3 Å². The van der Waals surface area contributed by atoms with Gasteiger partial charge in [-0.25, -0.2) is 0 Å². The molecule has 0 unspecified atom stereocenters. The summed E-state index contributed by atoms with van der Waals surface area (Å²) in [7, 11) is 0. The van der Waals surface area contributed by atoms with Crippen LogP contribution in [0.4, 0.5) is 0 Å². The summed E-state index contributed by atoms with van der Waals surface area (Å²) in [5.74, 6) is 1.89. The molecule has 1 saturated heterocycles. The van der Waals surface area contributed by atoms with Gasteiger partial charge in [-0.1, -0.05) is 24.3 Å². The molecule has 2 aromatic rings. The number of hydrogen-bond acceptors (Lipinski definition) is 3. The molecule has 3 nitrogen and oxygen atoms in total. The Morgan fingerprint density at radius 2 is 1.74 bits per heavy atom. The zero-order chi connectivity index (χ0) is 13.1. The maximum Gasteiger partial charge on any atom is 0.134 e. The molecule has 1 aromatic carbocycles. The van der Waals surface area contributed by atoms with Crippen LogP contribution in [-0.2, 0) is 11.3 Å². The van der Waals surface area contributed by atoms with E-state index in [2.05, 4.69) is 29.2 Å². The predicted molar refractivity (Wildman–Crippen MR) is 75.0 cm³/mol. The molecule has 1 fully saturated rings. The Labute approximate surface area is 113 Å². The number of rotatable bonds is 3. The summed E-state index contributed by atoms with van der Waals surface area (Å²) in [6.07, 6.45) is 0. The van der Waals surface area contributed by atoms with Crippen molar-refractivity contribution >= 4 is 0 Å². The fourth-order valence-corrected chi connectivity index (χ4v) is 2.38. The van der Waals surface area contributed by atoms with E-state index < -0.39 is 0 Å². The summed E-state index contributed by atoms with van der Waals surface area (Å²) in [4.78, 5) is 2.43. The normalized spacial score (nSPS) is 16.7. The first-order valence-corrected chi connectivity index (χ1v) is 6.77. The predicted octanol–water partition coefficient (Wildman–Crippen LogP) is 3.09. The van der Waals surface area contributed by atoms with Crippen LogP contribution in [0.15, 0.2) is 40.8 Å². The average Bonchev–Trinajstić information content (AvgIpc) is 2.87. The molecular formula is C16H19NO2. The zero-order valence-corrected chi connectivity index (χ0v) is 11.3. The molecule has 0 amide bonds. The Bertz CT molecular complexity index is 524. The topological polar surface area (TPSA) is 25.6 Å². The minimum atomic E-state index is 0.851. The van der Waals surface area contributed by atoms with Gasteiger partial charge >= 0.3 is 0 Å². The second-order valence-corrected chi connectivity index (χ2v) is 5.00. The number of morpholine rings is 1. The Balaban J connectivity index is 1.68. The van der Waals surface area contributed by atoms with Gasteiger partial charge in [-0.05, 0) is 24.6 Å². The molecule has 19 heavy (non-hydrogen) atoms. The lowest BCUT2D eigenvalue weighted by Gasteiger charge is -2.26. The van der Waals surface area contributed by atoms with Gasteiger partial charge < -0.3 is 9.15 Å². The number of aryl methyl sites for hydroxylation is 1. The van der Waals surface area contributed by atoms with Gasteiger partial charge in [-0.15, -0.1) is 0 Å². The van der Waals surface area contributed by atoms with Gasteiger partial charge in [0.15, 0.2) is 0 Å². The van der Waals surface area contributed by atoms with Crippen LogP contribution >= 0.6 is 0 Å². The minimum absolute atomic E-state index is 0.851. The molecule has 1 aliphatic heterocycles. The van der Waals surface area contributed by atoms with Gasteiger partial charge in [0.05, 0.1) is 13.2 Å². The molecule has 0 radical (unpaired) electrons. The lowest BCUT2D eigenvalue weighted by molar-refractivity contribution is 0.0342. The van der Waals surface area contributed by atoms with E-state index in [1.807, 2.05) is 19.1 Å². The van der Waals surface area contributed by atoms with Crippen molar-refractivity contribution in [2.45, 2.75) is 13.5 Å². The Kier molecular flexibility index (Phi) is 3.67. The molecule has 1 aromatic heterocycles. The fraction of sp³-hybridized carbons (Fsp3) is 0.375. The smallest absolute Gasteiger partial charge is 0.134 e. The van der Waals surface area contributed by atoms with Gasteiger partial charge in [-0.2, -0.15) is 0 Å². The highest BCUT2D eigenvalue weighted by Gasteiger charge is 2.10. The average molecular weight is 257 g/mol. The lowest BCUT2D eigenvalue weighted by Crippen LogP contribution is -2.35. The van der Waals surface area contributed by atoms with E-state index in [4.69, 9.17) is 9.15 Å². The van der Waals surface area contributed by atoms with Crippen molar-refractivity contribution in [3.8, 4) is 11.3 Å². The van der Waals surface area contributed by atoms with E-state index in [-0.39, 0.29) is 0 Å². The molecule has 0 atom stereocenters.